The maximum Gasteiger partial charge on any atom is 0.237 e. The van der Waals surface area contributed by atoms with Gasteiger partial charge in [0, 0.05) is 36.7 Å². The van der Waals surface area contributed by atoms with Crippen molar-refractivity contribution < 1.29 is 15.0 Å². The van der Waals surface area contributed by atoms with Crippen LogP contribution in [0.4, 0.5) is 0 Å². The lowest BCUT2D eigenvalue weighted by atomic mass is 9.87. The summed E-state index contributed by atoms with van der Waals surface area (Å²) in [4.78, 5) is 16.6. The Morgan fingerprint density at radius 3 is 2.54 bits per heavy atom. The first-order chi connectivity index (χ1) is 11.4. The predicted octanol–water partition coefficient (Wildman–Crippen LogP) is 2.22. The molecule has 24 heavy (non-hydrogen) atoms. The Bertz CT molecular complexity index is 678. The number of aliphatic hydroxyl groups is 1. The van der Waals surface area contributed by atoms with Gasteiger partial charge < -0.3 is 15.1 Å². The van der Waals surface area contributed by atoms with Gasteiger partial charge in [0.25, 0.3) is 0 Å². The van der Waals surface area contributed by atoms with Gasteiger partial charge in [0.2, 0.25) is 5.91 Å². The van der Waals surface area contributed by atoms with E-state index in [-0.39, 0.29) is 29.7 Å². The zero-order valence-corrected chi connectivity index (χ0v) is 14.7. The van der Waals surface area contributed by atoms with Gasteiger partial charge in [-0.2, -0.15) is 0 Å². The number of amides is 1. The molecule has 7 heteroatoms. The molecular weight excluding hydrogens is 351 g/mol. The topological polar surface area (TPSA) is 64.0 Å². The van der Waals surface area contributed by atoms with Gasteiger partial charge >= 0.3 is 0 Å². The van der Waals surface area contributed by atoms with Crippen molar-refractivity contribution in [1.82, 2.24) is 9.80 Å². The maximum atomic E-state index is 12.5. The van der Waals surface area contributed by atoms with Crippen LogP contribution in [0.15, 0.2) is 12.1 Å². The first-order valence-corrected chi connectivity index (χ1v) is 9.08. The smallest absolute Gasteiger partial charge is 0.237 e. The number of hydrogen-bond acceptors (Lipinski definition) is 4. The molecule has 2 aliphatic heterocycles. The molecule has 0 aromatic heterocycles. The zero-order chi connectivity index (χ0) is 17.0. The van der Waals surface area contributed by atoms with Crippen LogP contribution in [0.25, 0.3) is 0 Å². The summed E-state index contributed by atoms with van der Waals surface area (Å²) in [5.41, 5.74) is 0.650. The number of nitrogens with zero attached hydrogens (tertiary/aromatic N) is 2. The van der Waals surface area contributed by atoms with E-state index in [4.69, 9.17) is 23.2 Å². The molecule has 0 bridgehead atoms. The second-order valence-electron chi connectivity index (χ2n) is 7.14. The number of aromatic hydroxyl groups is 1. The van der Waals surface area contributed by atoms with Crippen LogP contribution < -0.4 is 0 Å². The van der Waals surface area contributed by atoms with Gasteiger partial charge in [-0.3, -0.25) is 9.69 Å². The summed E-state index contributed by atoms with van der Waals surface area (Å²) in [5, 5.41) is 20.5. The minimum atomic E-state index is -0.221. The summed E-state index contributed by atoms with van der Waals surface area (Å²) in [6.45, 7) is 1.80. The summed E-state index contributed by atoms with van der Waals surface area (Å²) in [6, 6.07) is 3.58. The first kappa shape index (κ1) is 16.5. The summed E-state index contributed by atoms with van der Waals surface area (Å²) < 4.78 is 0. The van der Waals surface area contributed by atoms with E-state index in [0.29, 0.717) is 34.7 Å². The Labute approximate surface area is 150 Å². The summed E-state index contributed by atoms with van der Waals surface area (Å²) in [6.07, 6.45) is 2.06. The van der Waals surface area contributed by atoms with Crippen LogP contribution >= 0.6 is 23.2 Å². The van der Waals surface area contributed by atoms with Crippen LogP contribution in [0.2, 0.25) is 10.0 Å². The Balaban J connectivity index is 1.53. The molecule has 3 aliphatic rings. The Kier molecular flexibility index (Phi) is 4.15. The lowest BCUT2D eigenvalue weighted by Crippen LogP contribution is -2.59. The fourth-order valence-corrected chi connectivity index (χ4v) is 4.76. The van der Waals surface area contributed by atoms with Crippen molar-refractivity contribution in [3.63, 3.8) is 0 Å². The average Bonchev–Trinajstić information content (AvgIpc) is 2.92. The zero-order valence-electron chi connectivity index (χ0n) is 13.2. The van der Waals surface area contributed by atoms with E-state index >= 15 is 0 Å². The highest BCUT2D eigenvalue weighted by Gasteiger charge is 2.45. The fourth-order valence-electron chi connectivity index (χ4n) is 4.28. The molecule has 2 atom stereocenters. The van der Waals surface area contributed by atoms with E-state index in [1.54, 1.807) is 12.1 Å². The van der Waals surface area contributed by atoms with Gasteiger partial charge in [-0.05, 0) is 31.4 Å². The third-order valence-corrected chi connectivity index (χ3v) is 6.46. The Morgan fingerprint density at radius 2 is 1.83 bits per heavy atom. The van der Waals surface area contributed by atoms with Gasteiger partial charge in [-0.1, -0.05) is 23.2 Å². The standard InChI is InChI=1S/C17H20Cl2N2O3/c18-13-1-2-14(23)16(17(13)19)9-3-11-7-20(10-4-12(22)5-10)8-15(24)21(11)6-9/h1-2,9-12,22-23H,3-8H2/t9-,10-,11-,12+/m0/s1. The van der Waals surface area contributed by atoms with Crippen molar-refractivity contribution in [3.05, 3.63) is 27.7 Å². The van der Waals surface area contributed by atoms with Crippen LogP contribution in [0.1, 0.15) is 30.7 Å². The summed E-state index contributed by atoms with van der Waals surface area (Å²) in [5.74, 6) is 0.255. The number of phenols is 1. The van der Waals surface area contributed by atoms with Crippen molar-refractivity contribution in [2.45, 2.75) is 43.4 Å². The largest absolute Gasteiger partial charge is 0.508 e. The maximum absolute atomic E-state index is 12.5. The van der Waals surface area contributed by atoms with Crippen molar-refractivity contribution in [3.8, 4) is 5.75 Å². The van der Waals surface area contributed by atoms with Gasteiger partial charge in [0.1, 0.15) is 5.75 Å². The van der Waals surface area contributed by atoms with Crippen molar-refractivity contribution in [2.24, 2.45) is 0 Å². The molecule has 1 aromatic carbocycles. The SMILES string of the molecule is O=C1CN([C@H]2C[C@@H](O)C2)C[C@@H]2C[C@H](c3c(O)ccc(Cl)c3Cl)CN12. The van der Waals surface area contributed by atoms with E-state index < -0.39 is 0 Å². The number of fused-ring (bicyclic) bond motifs is 1. The molecule has 2 N–H and O–H groups in total. The van der Waals surface area contributed by atoms with Crippen LogP contribution in [0, 0.1) is 0 Å². The highest BCUT2D eigenvalue weighted by molar-refractivity contribution is 6.42. The van der Waals surface area contributed by atoms with Crippen molar-refractivity contribution in [1.29, 1.82) is 0 Å². The van der Waals surface area contributed by atoms with Crippen LogP contribution in [-0.2, 0) is 4.79 Å². The lowest BCUT2D eigenvalue weighted by molar-refractivity contribution is -0.141. The van der Waals surface area contributed by atoms with E-state index in [1.165, 1.54) is 0 Å². The van der Waals surface area contributed by atoms with Crippen molar-refractivity contribution >= 4 is 29.1 Å². The Morgan fingerprint density at radius 1 is 1.08 bits per heavy atom. The Hall–Kier alpha value is -1.01. The van der Waals surface area contributed by atoms with E-state index in [0.717, 1.165) is 25.8 Å². The molecule has 0 unspecified atom stereocenters. The molecule has 5 nitrogen and oxygen atoms in total. The fraction of sp³-hybridized carbons (Fsp3) is 0.588. The number of aliphatic hydroxyl groups excluding tert-OH is 1. The number of phenolic OH excluding ortho intramolecular Hbond substituents is 1. The normalized spacial score (nSPS) is 33.5. The van der Waals surface area contributed by atoms with Gasteiger partial charge in [-0.25, -0.2) is 0 Å². The second kappa shape index (κ2) is 6.06. The number of hydrogen-bond donors (Lipinski definition) is 2. The number of benzene rings is 1. The number of rotatable bonds is 2. The molecule has 130 valence electrons. The van der Waals surface area contributed by atoms with Crippen LogP contribution in [0.5, 0.6) is 5.75 Å². The van der Waals surface area contributed by atoms with E-state index in [1.807, 2.05) is 4.90 Å². The van der Waals surface area contributed by atoms with Crippen molar-refractivity contribution in [2.75, 3.05) is 19.6 Å². The molecule has 1 aromatic rings. The molecule has 1 saturated carbocycles. The number of carbonyl (C=O) groups excluding carboxylic acids is 1. The monoisotopic (exact) mass is 370 g/mol. The molecule has 3 fully saturated rings. The highest BCUT2D eigenvalue weighted by atomic mass is 35.5. The lowest BCUT2D eigenvalue weighted by Gasteiger charge is -2.45. The molecule has 1 aliphatic carbocycles. The third kappa shape index (κ3) is 2.68. The number of piperazine rings is 1. The predicted molar refractivity (Wildman–Crippen MR) is 91.6 cm³/mol. The average molecular weight is 371 g/mol. The van der Waals surface area contributed by atoms with Crippen LogP contribution in [-0.4, -0.2) is 63.7 Å². The first-order valence-electron chi connectivity index (χ1n) is 8.32. The van der Waals surface area contributed by atoms with Gasteiger partial charge in [0.15, 0.2) is 0 Å². The number of carbonyl (C=O) groups is 1. The molecule has 1 amide bonds. The van der Waals surface area contributed by atoms with Crippen LogP contribution in [0.3, 0.4) is 0 Å². The van der Waals surface area contributed by atoms with E-state index in [2.05, 4.69) is 4.90 Å². The molecule has 4 rings (SSSR count). The second-order valence-corrected chi connectivity index (χ2v) is 7.92. The van der Waals surface area contributed by atoms with Gasteiger partial charge in [-0.15, -0.1) is 0 Å². The van der Waals surface area contributed by atoms with Gasteiger partial charge in [0.05, 0.1) is 22.7 Å². The molecule has 0 spiro atoms. The molecule has 2 saturated heterocycles. The molecule has 2 heterocycles. The molecular formula is C17H20Cl2N2O3. The highest BCUT2D eigenvalue weighted by Crippen LogP contribution is 2.44. The van der Waals surface area contributed by atoms with E-state index in [9.17, 15) is 15.0 Å². The quantitative estimate of drug-likeness (QED) is 0.837. The number of halogens is 2. The molecule has 0 radical (unpaired) electrons. The summed E-state index contributed by atoms with van der Waals surface area (Å²) in [7, 11) is 0. The summed E-state index contributed by atoms with van der Waals surface area (Å²) >= 11 is 12.4. The third-order valence-electron chi connectivity index (χ3n) is 5.64. The minimum absolute atomic E-state index is 0.00270. The minimum Gasteiger partial charge on any atom is -0.508 e.